The van der Waals surface area contributed by atoms with E-state index in [4.69, 9.17) is 16.3 Å². The first-order valence-electron chi connectivity index (χ1n) is 4.78. The fraction of sp³-hybridized carbons (Fsp3) is 0.455. The molecule has 1 rings (SSSR count). The highest BCUT2D eigenvalue weighted by Gasteiger charge is 2.28. The molecule has 16 heavy (non-hydrogen) atoms. The molecule has 1 heterocycles. The molecule has 0 aliphatic rings. The molecule has 0 aromatic carbocycles. The summed E-state index contributed by atoms with van der Waals surface area (Å²) in [6, 6.07) is 3.61. The summed E-state index contributed by atoms with van der Waals surface area (Å²) in [5.41, 5.74) is -0.513. The SMILES string of the molecule is COC(=O)C(C)(C)CSc1ccc(Cl)cn1. The summed E-state index contributed by atoms with van der Waals surface area (Å²) in [6.45, 7) is 3.70. The Morgan fingerprint density at radius 1 is 1.56 bits per heavy atom. The van der Waals surface area contributed by atoms with Crippen LogP contribution in [0.1, 0.15) is 13.8 Å². The maximum atomic E-state index is 11.4. The number of aromatic nitrogens is 1. The highest BCUT2D eigenvalue weighted by Crippen LogP contribution is 2.27. The second kappa shape index (κ2) is 5.55. The van der Waals surface area contributed by atoms with Gasteiger partial charge in [-0.15, -0.1) is 11.8 Å². The molecule has 0 radical (unpaired) electrons. The van der Waals surface area contributed by atoms with Crippen molar-refractivity contribution in [1.29, 1.82) is 0 Å². The number of nitrogens with zero attached hydrogens (tertiary/aromatic N) is 1. The number of hydrogen-bond donors (Lipinski definition) is 0. The molecule has 0 atom stereocenters. The molecule has 0 saturated heterocycles. The zero-order valence-corrected chi connectivity index (χ0v) is 11.1. The van der Waals surface area contributed by atoms with Gasteiger partial charge in [0.05, 0.1) is 22.6 Å². The van der Waals surface area contributed by atoms with Crippen molar-refractivity contribution in [3.63, 3.8) is 0 Å². The van der Waals surface area contributed by atoms with Gasteiger partial charge < -0.3 is 4.74 Å². The topological polar surface area (TPSA) is 39.2 Å². The monoisotopic (exact) mass is 259 g/mol. The van der Waals surface area contributed by atoms with Crippen LogP contribution in [-0.2, 0) is 9.53 Å². The van der Waals surface area contributed by atoms with E-state index < -0.39 is 5.41 Å². The second-order valence-electron chi connectivity index (χ2n) is 3.98. The molecule has 0 fully saturated rings. The maximum Gasteiger partial charge on any atom is 0.312 e. The third-order valence-corrected chi connectivity index (χ3v) is 3.65. The van der Waals surface area contributed by atoms with E-state index in [2.05, 4.69) is 4.98 Å². The van der Waals surface area contributed by atoms with Crippen molar-refractivity contribution >= 4 is 29.3 Å². The lowest BCUT2D eigenvalue weighted by molar-refractivity contribution is -0.149. The van der Waals surface area contributed by atoms with E-state index >= 15 is 0 Å². The van der Waals surface area contributed by atoms with E-state index in [1.54, 1.807) is 12.3 Å². The summed E-state index contributed by atoms with van der Waals surface area (Å²) in [5.74, 6) is 0.405. The quantitative estimate of drug-likeness (QED) is 0.616. The summed E-state index contributed by atoms with van der Waals surface area (Å²) in [7, 11) is 1.40. The zero-order valence-electron chi connectivity index (χ0n) is 9.49. The molecule has 1 aromatic heterocycles. The number of halogens is 1. The van der Waals surface area contributed by atoms with Gasteiger partial charge in [-0.25, -0.2) is 4.98 Å². The Bertz CT molecular complexity index is 365. The molecule has 0 aliphatic carbocycles. The summed E-state index contributed by atoms with van der Waals surface area (Å²) >= 11 is 7.24. The fourth-order valence-corrected chi connectivity index (χ4v) is 2.07. The van der Waals surface area contributed by atoms with E-state index in [1.807, 2.05) is 19.9 Å². The van der Waals surface area contributed by atoms with E-state index in [9.17, 15) is 4.79 Å². The Balaban J connectivity index is 2.57. The van der Waals surface area contributed by atoms with E-state index in [0.29, 0.717) is 10.8 Å². The van der Waals surface area contributed by atoms with Crippen LogP contribution in [0.2, 0.25) is 5.02 Å². The van der Waals surface area contributed by atoms with Crippen molar-refractivity contribution in [2.75, 3.05) is 12.9 Å². The molecule has 88 valence electrons. The first kappa shape index (κ1) is 13.3. The number of carbonyl (C=O) groups excluding carboxylic acids is 1. The molecule has 0 unspecified atom stereocenters. The lowest BCUT2D eigenvalue weighted by Gasteiger charge is -2.20. The molecular weight excluding hydrogens is 246 g/mol. The molecule has 1 aromatic rings. The number of pyridine rings is 1. The van der Waals surface area contributed by atoms with Gasteiger partial charge in [-0.2, -0.15) is 0 Å². The first-order chi connectivity index (χ1) is 7.45. The van der Waals surface area contributed by atoms with Crippen molar-refractivity contribution in [2.45, 2.75) is 18.9 Å². The number of hydrogen-bond acceptors (Lipinski definition) is 4. The zero-order chi connectivity index (χ0) is 12.2. The molecule has 0 N–H and O–H groups in total. The van der Waals surface area contributed by atoms with Gasteiger partial charge in [0.1, 0.15) is 0 Å². The Labute approximate surface area is 105 Å². The number of rotatable bonds is 4. The summed E-state index contributed by atoms with van der Waals surface area (Å²) in [6.07, 6.45) is 1.59. The van der Waals surface area contributed by atoms with E-state index in [1.165, 1.54) is 18.9 Å². The predicted molar refractivity (Wildman–Crippen MR) is 65.8 cm³/mol. The van der Waals surface area contributed by atoms with Gasteiger partial charge in [0.2, 0.25) is 0 Å². The first-order valence-corrected chi connectivity index (χ1v) is 6.15. The molecule has 5 heteroatoms. The van der Waals surface area contributed by atoms with Crippen molar-refractivity contribution in [2.24, 2.45) is 5.41 Å². The van der Waals surface area contributed by atoms with Crippen LogP contribution in [0.4, 0.5) is 0 Å². The van der Waals surface area contributed by atoms with Crippen molar-refractivity contribution in [3.8, 4) is 0 Å². The van der Waals surface area contributed by atoms with Gasteiger partial charge >= 0.3 is 5.97 Å². The standard InChI is InChI=1S/C11H14ClNO2S/c1-11(2,10(14)15-3)7-16-9-5-4-8(12)6-13-9/h4-6H,7H2,1-3H3. The average Bonchev–Trinajstić information content (AvgIpc) is 2.27. The van der Waals surface area contributed by atoms with Crippen LogP contribution in [0.25, 0.3) is 0 Å². The highest BCUT2D eigenvalue weighted by molar-refractivity contribution is 7.99. The fourth-order valence-electron chi connectivity index (χ4n) is 1.04. The van der Waals surface area contributed by atoms with Crippen LogP contribution in [0.15, 0.2) is 23.4 Å². The lowest BCUT2D eigenvalue weighted by Crippen LogP contribution is -2.28. The highest BCUT2D eigenvalue weighted by atomic mass is 35.5. The van der Waals surface area contributed by atoms with Gasteiger partial charge in [-0.3, -0.25) is 4.79 Å². The molecule has 0 saturated carbocycles. The minimum absolute atomic E-state index is 0.214. The molecule has 3 nitrogen and oxygen atoms in total. The van der Waals surface area contributed by atoms with Crippen LogP contribution < -0.4 is 0 Å². The van der Waals surface area contributed by atoms with Gasteiger partial charge in [0, 0.05) is 11.9 Å². The molecule has 0 amide bonds. The molecular formula is C11H14ClNO2S. The molecule has 0 spiro atoms. The van der Waals surface area contributed by atoms with Gasteiger partial charge in [-0.05, 0) is 26.0 Å². The number of thioether (sulfide) groups is 1. The third-order valence-electron chi connectivity index (χ3n) is 2.02. The van der Waals surface area contributed by atoms with Crippen LogP contribution in [0, 0.1) is 5.41 Å². The number of methoxy groups -OCH3 is 1. The van der Waals surface area contributed by atoms with Crippen molar-refractivity contribution in [1.82, 2.24) is 4.98 Å². The molecule has 0 aliphatic heterocycles. The summed E-state index contributed by atoms with van der Waals surface area (Å²) in [4.78, 5) is 15.6. The Kier molecular flexibility index (Phi) is 4.62. The average molecular weight is 260 g/mol. The Morgan fingerprint density at radius 3 is 2.75 bits per heavy atom. The summed E-state index contributed by atoms with van der Waals surface area (Å²) in [5, 5.41) is 1.46. The maximum absolute atomic E-state index is 11.4. The number of carbonyl (C=O) groups is 1. The Morgan fingerprint density at radius 2 is 2.25 bits per heavy atom. The van der Waals surface area contributed by atoms with Gasteiger partial charge in [0.15, 0.2) is 0 Å². The predicted octanol–water partition coefficient (Wildman–Crippen LogP) is 3.03. The van der Waals surface area contributed by atoms with Crippen LogP contribution >= 0.6 is 23.4 Å². The molecule has 0 bridgehead atoms. The normalized spacial score (nSPS) is 11.2. The van der Waals surface area contributed by atoms with Crippen LogP contribution in [0.5, 0.6) is 0 Å². The third kappa shape index (κ3) is 3.68. The van der Waals surface area contributed by atoms with E-state index in [0.717, 1.165) is 5.03 Å². The van der Waals surface area contributed by atoms with Crippen LogP contribution in [0.3, 0.4) is 0 Å². The smallest absolute Gasteiger partial charge is 0.312 e. The number of ether oxygens (including phenoxy) is 1. The minimum atomic E-state index is -0.513. The largest absolute Gasteiger partial charge is 0.469 e. The summed E-state index contributed by atoms with van der Waals surface area (Å²) < 4.78 is 4.73. The van der Waals surface area contributed by atoms with Crippen molar-refractivity contribution < 1.29 is 9.53 Å². The lowest BCUT2D eigenvalue weighted by atomic mass is 9.97. The minimum Gasteiger partial charge on any atom is -0.469 e. The van der Waals surface area contributed by atoms with Gasteiger partial charge in [-0.1, -0.05) is 11.6 Å². The van der Waals surface area contributed by atoms with Crippen molar-refractivity contribution in [3.05, 3.63) is 23.4 Å². The number of esters is 1. The second-order valence-corrected chi connectivity index (χ2v) is 5.41. The van der Waals surface area contributed by atoms with Crippen LogP contribution in [-0.4, -0.2) is 23.8 Å². The Hall–Kier alpha value is -0.740. The van der Waals surface area contributed by atoms with E-state index in [-0.39, 0.29) is 5.97 Å². The van der Waals surface area contributed by atoms with Gasteiger partial charge in [0.25, 0.3) is 0 Å².